The Morgan fingerprint density at radius 1 is 1.56 bits per heavy atom. The highest BCUT2D eigenvalue weighted by molar-refractivity contribution is 5.70. The standard InChI is InChI=1S/C7H11NO/c1-4-5-8-7(9)6(2)3/h4-5,9H,1H2,2-3H3/b8-5-. The molecule has 0 spiro atoms. The Labute approximate surface area is 55.2 Å². The van der Waals surface area contributed by atoms with Gasteiger partial charge < -0.3 is 5.11 Å². The molecule has 0 amide bonds. The number of allylic oxidation sites excluding steroid dienone is 2. The molecule has 0 saturated heterocycles. The highest BCUT2D eigenvalue weighted by Gasteiger charge is 1.86. The lowest BCUT2D eigenvalue weighted by Crippen LogP contribution is -1.78. The maximum atomic E-state index is 8.89. The van der Waals surface area contributed by atoms with Crippen molar-refractivity contribution in [1.82, 2.24) is 0 Å². The lowest BCUT2D eigenvalue weighted by molar-refractivity contribution is 0.400. The van der Waals surface area contributed by atoms with Gasteiger partial charge in [0.1, 0.15) is 0 Å². The fourth-order valence-corrected chi connectivity index (χ4v) is 0.252. The monoisotopic (exact) mass is 125 g/mol. The molecule has 0 radical (unpaired) electrons. The van der Waals surface area contributed by atoms with Crippen molar-refractivity contribution in [2.75, 3.05) is 0 Å². The summed E-state index contributed by atoms with van der Waals surface area (Å²) in [6.07, 6.45) is 2.96. The number of nitrogens with zero attached hydrogens (tertiary/aromatic N) is 1. The van der Waals surface area contributed by atoms with E-state index in [1.54, 1.807) is 13.8 Å². The smallest absolute Gasteiger partial charge is 0.209 e. The molecule has 0 unspecified atom stereocenters. The van der Waals surface area contributed by atoms with Crippen molar-refractivity contribution >= 4 is 6.21 Å². The van der Waals surface area contributed by atoms with Gasteiger partial charge in [0, 0.05) is 6.21 Å². The van der Waals surface area contributed by atoms with Crippen LogP contribution in [0.5, 0.6) is 0 Å². The van der Waals surface area contributed by atoms with Gasteiger partial charge in [0.2, 0.25) is 5.88 Å². The van der Waals surface area contributed by atoms with Crippen LogP contribution in [0.25, 0.3) is 0 Å². The van der Waals surface area contributed by atoms with Crippen LogP contribution in [0.1, 0.15) is 13.8 Å². The second kappa shape index (κ2) is 3.89. The molecule has 0 aliphatic carbocycles. The predicted molar refractivity (Wildman–Crippen MR) is 39.7 cm³/mol. The minimum Gasteiger partial charge on any atom is -0.493 e. The summed E-state index contributed by atoms with van der Waals surface area (Å²) in [6, 6.07) is 0. The molecule has 2 heteroatoms. The van der Waals surface area contributed by atoms with Crippen LogP contribution in [-0.2, 0) is 0 Å². The van der Waals surface area contributed by atoms with E-state index < -0.39 is 0 Å². The second-order valence-electron chi connectivity index (χ2n) is 1.84. The summed E-state index contributed by atoms with van der Waals surface area (Å²) < 4.78 is 0. The third kappa shape index (κ3) is 3.53. The Balaban J connectivity index is 4.06. The normalized spacial score (nSPS) is 9.56. The van der Waals surface area contributed by atoms with Crippen LogP contribution in [0.4, 0.5) is 0 Å². The average molecular weight is 125 g/mol. The minimum absolute atomic E-state index is 0.0647. The van der Waals surface area contributed by atoms with Crippen LogP contribution in [-0.4, -0.2) is 11.3 Å². The lowest BCUT2D eigenvalue weighted by atomic mass is 10.4. The van der Waals surface area contributed by atoms with Gasteiger partial charge in [-0.1, -0.05) is 12.7 Å². The van der Waals surface area contributed by atoms with Gasteiger partial charge >= 0.3 is 0 Å². The van der Waals surface area contributed by atoms with Gasteiger partial charge in [-0.2, -0.15) is 0 Å². The van der Waals surface area contributed by atoms with Gasteiger partial charge in [-0.3, -0.25) is 0 Å². The van der Waals surface area contributed by atoms with Crippen LogP contribution >= 0.6 is 0 Å². The van der Waals surface area contributed by atoms with E-state index in [0.717, 1.165) is 5.57 Å². The van der Waals surface area contributed by atoms with Crippen LogP contribution in [0.15, 0.2) is 29.1 Å². The predicted octanol–water partition coefficient (Wildman–Crippen LogP) is 2.05. The van der Waals surface area contributed by atoms with E-state index in [1.165, 1.54) is 12.3 Å². The van der Waals surface area contributed by atoms with E-state index >= 15 is 0 Å². The summed E-state index contributed by atoms with van der Waals surface area (Å²) in [5, 5.41) is 8.89. The largest absolute Gasteiger partial charge is 0.493 e. The quantitative estimate of drug-likeness (QED) is 0.444. The molecule has 0 bridgehead atoms. The first-order valence-electron chi connectivity index (χ1n) is 2.70. The number of rotatable bonds is 2. The highest BCUT2D eigenvalue weighted by atomic mass is 16.3. The maximum absolute atomic E-state index is 8.89. The van der Waals surface area contributed by atoms with Crippen LogP contribution < -0.4 is 0 Å². The molecular weight excluding hydrogens is 114 g/mol. The molecular formula is C7H11NO. The fraction of sp³-hybridized carbons (Fsp3) is 0.286. The Morgan fingerprint density at radius 3 is 2.44 bits per heavy atom. The molecule has 0 aromatic rings. The molecule has 0 fully saturated rings. The van der Waals surface area contributed by atoms with E-state index in [4.69, 9.17) is 5.11 Å². The molecule has 0 aromatic carbocycles. The minimum atomic E-state index is 0.0647. The van der Waals surface area contributed by atoms with E-state index in [-0.39, 0.29) is 5.88 Å². The van der Waals surface area contributed by atoms with Crippen LogP contribution in [0.2, 0.25) is 0 Å². The Kier molecular flexibility index (Phi) is 3.44. The molecule has 9 heavy (non-hydrogen) atoms. The number of hydrogen-bond donors (Lipinski definition) is 1. The fourth-order valence-electron chi connectivity index (χ4n) is 0.252. The molecule has 0 aliphatic heterocycles. The SMILES string of the molecule is C=C/C=N\C(O)=C(C)C. The second-order valence-corrected chi connectivity index (χ2v) is 1.84. The van der Waals surface area contributed by atoms with Crippen molar-refractivity contribution in [2.45, 2.75) is 13.8 Å². The first-order chi connectivity index (χ1) is 4.18. The highest BCUT2D eigenvalue weighted by Crippen LogP contribution is 1.97. The summed E-state index contributed by atoms with van der Waals surface area (Å²) in [5.74, 6) is 0.0647. The average Bonchev–Trinajstić information content (AvgIpc) is 1.82. The number of aliphatic imine (C=N–C) groups is 1. The van der Waals surface area contributed by atoms with Crippen molar-refractivity contribution in [3.63, 3.8) is 0 Å². The number of hydrogen-bond acceptors (Lipinski definition) is 2. The van der Waals surface area contributed by atoms with Crippen molar-refractivity contribution in [2.24, 2.45) is 4.99 Å². The molecule has 0 heterocycles. The van der Waals surface area contributed by atoms with Crippen molar-refractivity contribution in [3.8, 4) is 0 Å². The zero-order valence-corrected chi connectivity index (χ0v) is 5.76. The molecule has 0 saturated carbocycles. The summed E-state index contributed by atoms with van der Waals surface area (Å²) in [4.78, 5) is 3.63. The zero-order valence-electron chi connectivity index (χ0n) is 5.76. The number of aliphatic hydroxyl groups excluding tert-OH is 1. The summed E-state index contributed by atoms with van der Waals surface area (Å²) in [7, 11) is 0. The van der Waals surface area contributed by atoms with Crippen molar-refractivity contribution in [3.05, 3.63) is 24.1 Å². The van der Waals surface area contributed by atoms with Crippen LogP contribution in [0.3, 0.4) is 0 Å². The molecule has 0 atom stereocenters. The van der Waals surface area contributed by atoms with E-state index in [2.05, 4.69) is 11.6 Å². The molecule has 0 rings (SSSR count). The maximum Gasteiger partial charge on any atom is 0.209 e. The first kappa shape index (κ1) is 7.95. The molecule has 2 nitrogen and oxygen atoms in total. The summed E-state index contributed by atoms with van der Waals surface area (Å²) >= 11 is 0. The summed E-state index contributed by atoms with van der Waals surface area (Å²) in [5.41, 5.74) is 0.799. The number of aliphatic hydroxyl groups is 1. The molecule has 1 N–H and O–H groups in total. The molecule has 50 valence electrons. The lowest BCUT2D eigenvalue weighted by Gasteiger charge is -1.90. The van der Waals surface area contributed by atoms with Gasteiger partial charge in [0.25, 0.3) is 0 Å². The van der Waals surface area contributed by atoms with Gasteiger partial charge in [-0.25, -0.2) is 4.99 Å². The van der Waals surface area contributed by atoms with Crippen molar-refractivity contribution < 1.29 is 5.11 Å². The first-order valence-corrected chi connectivity index (χ1v) is 2.70. The third-order valence-electron chi connectivity index (χ3n) is 0.749. The topological polar surface area (TPSA) is 32.6 Å². The Bertz CT molecular complexity index is 152. The van der Waals surface area contributed by atoms with Gasteiger partial charge in [-0.15, -0.1) is 0 Å². The zero-order chi connectivity index (χ0) is 7.28. The molecule has 0 aromatic heterocycles. The van der Waals surface area contributed by atoms with Crippen LogP contribution in [0, 0.1) is 0 Å². The summed E-state index contributed by atoms with van der Waals surface area (Å²) in [6.45, 7) is 6.98. The van der Waals surface area contributed by atoms with E-state index in [9.17, 15) is 0 Å². The van der Waals surface area contributed by atoms with Gasteiger partial charge in [-0.05, 0) is 19.4 Å². The van der Waals surface area contributed by atoms with Gasteiger partial charge in [0.15, 0.2) is 0 Å². The van der Waals surface area contributed by atoms with E-state index in [1.807, 2.05) is 0 Å². The van der Waals surface area contributed by atoms with Crippen molar-refractivity contribution in [1.29, 1.82) is 0 Å². The molecule has 0 aliphatic rings. The Morgan fingerprint density at radius 2 is 2.11 bits per heavy atom. The third-order valence-corrected chi connectivity index (χ3v) is 0.749. The Hall–Kier alpha value is -1.05. The van der Waals surface area contributed by atoms with E-state index in [0.29, 0.717) is 0 Å². The van der Waals surface area contributed by atoms with Gasteiger partial charge in [0.05, 0.1) is 0 Å².